The van der Waals surface area contributed by atoms with Crippen LogP contribution in [0.25, 0.3) is 0 Å². The summed E-state index contributed by atoms with van der Waals surface area (Å²) in [4.78, 5) is 24.9. The first-order chi connectivity index (χ1) is 15.7. The van der Waals surface area contributed by atoms with Gasteiger partial charge in [-0.2, -0.15) is 13.2 Å². The molecule has 8 heteroatoms. The fraction of sp³-hybridized carbons (Fsp3) is 0.440. The first-order valence-corrected chi connectivity index (χ1v) is 11.1. The van der Waals surface area contributed by atoms with Crippen LogP contribution in [0, 0.1) is 11.8 Å². The van der Waals surface area contributed by atoms with Gasteiger partial charge in [0.1, 0.15) is 11.5 Å². The summed E-state index contributed by atoms with van der Waals surface area (Å²) in [5.74, 6) is -0.849. The Morgan fingerprint density at radius 1 is 1.00 bits per heavy atom. The van der Waals surface area contributed by atoms with Crippen LogP contribution in [-0.2, 0) is 15.7 Å². The number of anilines is 1. The number of carbonyl (C=O) groups excluding carboxylic acids is 2. The lowest BCUT2D eigenvalue weighted by atomic mass is 9.82. The average molecular weight is 466 g/mol. The van der Waals surface area contributed by atoms with Crippen molar-refractivity contribution in [3.63, 3.8) is 0 Å². The van der Waals surface area contributed by atoms with Crippen LogP contribution < -0.4 is 10.1 Å². The monoisotopic (exact) mass is 465 g/mol. The van der Waals surface area contributed by atoms with Gasteiger partial charge in [0, 0.05) is 5.92 Å². The molecule has 1 saturated carbocycles. The second-order valence-electron chi connectivity index (χ2n) is 7.74. The fourth-order valence-corrected chi connectivity index (χ4v) is 3.65. The fourth-order valence-electron chi connectivity index (χ4n) is 3.65. The number of hydrogen-bond acceptors (Lipinski definition) is 4. The minimum atomic E-state index is -4.59. The number of ether oxygens (including phenoxy) is 2. The molecule has 2 aromatic carbocycles. The Labute approximate surface area is 192 Å². The van der Waals surface area contributed by atoms with Crippen molar-refractivity contribution in [2.75, 3.05) is 12.4 Å². The summed E-state index contributed by atoms with van der Waals surface area (Å²) >= 11 is 0. The Hall–Kier alpha value is -3.03. The third kappa shape index (κ3) is 6.97. The quantitative estimate of drug-likeness (QED) is 0.480. The first kappa shape index (κ1) is 26.2. The third-order valence-corrected chi connectivity index (χ3v) is 5.46. The topological polar surface area (TPSA) is 64.6 Å². The number of rotatable bonds is 5. The van der Waals surface area contributed by atoms with Crippen LogP contribution in [0.15, 0.2) is 42.5 Å². The van der Waals surface area contributed by atoms with Crippen LogP contribution in [0.2, 0.25) is 0 Å². The zero-order valence-electron chi connectivity index (χ0n) is 19.3. The highest BCUT2D eigenvalue weighted by Gasteiger charge is 2.34. The van der Waals surface area contributed by atoms with Gasteiger partial charge in [-0.3, -0.25) is 4.79 Å². The van der Waals surface area contributed by atoms with E-state index < -0.39 is 17.7 Å². The summed E-state index contributed by atoms with van der Waals surface area (Å²) in [6, 6.07) is 8.89. The van der Waals surface area contributed by atoms with E-state index in [1.54, 1.807) is 0 Å². The predicted octanol–water partition coefficient (Wildman–Crippen LogP) is 7.08. The van der Waals surface area contributed by atoms with Crippen molar-refractivity contribution >= 4 is 17.6 Å². The third-order valence-electron chi connectivity index (χ3n) is 5.46. The summed E-state index contributed by atoms with van der Waals surface area (Å²) in [6.45, 7) is 6.15. The van der Waals surface area contributed by atoms with Gasteiger partial charge < -0.3 is 14.8 Å². The molecule has 0 saturated heterocycles. The van der Waals surface area contributed by atoms with E-state index in [9.17, 15) is 22.8 Å². The van der Waals surface area contributed by atoms with Gasteiger partial charge in [0.2, 0.25) is 5.91 Å². The summed E-state index contributed by atoms with van der Waals surface area (Å²) in [6.07, 6.45) is -1.11. The van der Waals surface area contributed by atoms with Gasteiger partial charge in [-0.1, -0.05) is 32.9 Å². The number of methoxy groups -OCH3 is 1. The molecule has 0 radical (unpaired) electrons. The van der Waals surface area contributed by atoms with Gasteiger partial charge >= 0.3 is 12.1 Å². The van der Waals surface area contributed by atoms with Crippen LogP contribution in [0.5, 0.6) is 11.5 Å². The maximum Gasteiger partial charge on any atom is 0.419 e. The van der Waals surface area contributed by atoms with Crippen LogP contribution in [0.3, 0.4) is 0 Å². The second-order valence-corrected chi connectivity index (χ2v) is 7.74. The standard InChI is InChI=1S/C23H24F3NO4.C2H6/c1-14-7-9-15(10-8-14)21(28)27-19-12-11-16(13-17(19)22(29)30-2)31-20-6-4-3-5-18(20)23(24,25)26;1-2/h3-6,11-15H,7-10H2,1-2H3,(H,27,28);1-2H3. The van der Waals surface area contributed by atoms with Crippen LogP contribution in [0.4, 0.5) is 18.9 Å². The molecule has 1 aliphatic carbocycles. The van der Waals surface area contributed by atoms with Crippen molar-refractivity contribution in [1.29, 1.82) is 0 Å². The smallest absolute Gasteiger partial charge is 0.419 e. The van der Waals surface area contributed by atoms with Crippen molar-refractivity contribution < 1.29 is 32.2 Å². The lowest BCUT2D eigenvalue weighted by Gasteiger charge is -2.25. The van der Waals surface area contributed by atoms with E-state index in [1.807, 2.05) is 13.8 Å². The summed E-state index contributed by atoms with van der Waals surface area (Å²) in [5, 5.41) is 2.76. The van der Waals surface area contributed by atoms with E-state index in [0.29, 0.717) is 5.92 Å². The Morgan fingerprint density at radius 2 is 1.64 bits per heavy atom. The van der Waals surface area contributed by atoms with Crippen LogP contribution >= 0.6 is 0 Å². The van der Waals surface area contributed by atoms with Gasteiger partial charge in [-0.15, -0.1) is 0 Å². The maximum absolute atomic E-state index is 13.2. The van der Waals surface area contributed by atoms with E-state index in [0.717, 1.165) is 31.7 Å². The molecule has 0 atom stereocenters. The molecule has 5 nitrogen and oxygen atoms in total. The molecule has 0 aliphatic heterocycles. The molecule has 33 heavy (non-hydrogen) atoms. The number of amides is 1. The zero-order chi connectivity index (χ0) is 24.6. The summed E-state index contributed by atoms with van der Waals surface area (Å²) < 4.78 is 49.9. The molecule has 1 amide bonds. The van der Waals surface area contributed by atoms with Gasteiger partial charge in [0.05, 0.1) is 23.9 Å². The van der Waals surface area contributed by atoms with E-state index in [4.69, 9.17) is 9.47 Å². The average Bonchev–Trinajstić information content (AvgIpc) is 2.81. The Kier molecular flexibility index (Phi) is 9.32. The zero-order valence-corrected chi connectivity index (χ0v) is 19.3. The molecule has 0 spiro atoms. The van der Waals surface area contributed by atoms with E-state index in [2.05, 4.69) is 12.2 Å². The van der Waals surface area contributed by atoms with E-state index in [-0.39, 0.29) is 34.6 Å². The van der Waals surface area contributed by atoms with Crippen molar-refractivity contribution in [2.24, 2.45) is 11.8 Å². The largest absolute Gasteiger partial charge is 0.465 e. The number of benzene rings is 2. The number of halogens is 3. The first-order valence-electron chi connectivity index (χ1n) is 11.1. The maximum atomic E-state index is 13.2. The van der Waals surface area contributed by atoms with Crippen molar-refractivity contribution in [2.45, 2.75) is 52.6 Å². The molecule has 3 rings (SSSR count). The van der Waals surface area contributed by atoms with Gasteiger partial charge in [0.25, 0.3) is 0 Å². The van der Waals surface area contributed by atoms with Gasteiger partial charge in [0.15, 0.2) is 0 Å². The predicted molar refractivity (Wildman–Crippen MR) is 120 cm³/mol. The number of esters is 1. The summed E-state index contributed by atoms with van der Waals surface area (Å²) in [5.41, 5.74) is -0.701. The molecular weight excluding hydrogens is 435 g/mol. The van der Waals surface area contributed by atoms with Gasteiger partial charge in [-0.05, 0) is 61.9 Å². The highest BCUT2D eigenvalue weighted by Crippen LogP contribution is 2.38. The SMILES string of the molecule is CC.COC(=O)c1cc(Oc2ccccc2C(F)(F)F)ccc1NC(=O)C1CCC(C)CC1. The van der Waals surface area contributed by atoms with E-state index >= 15 is 0 Å². The highest BCUT2D eigenvalue weighted by atomic mass is 19.4. The van der Waals surface area contributed by atoms with Crippen LogP contribution in [0.1, 0.15) is 62.4 Å². The molecule has 1 fully saturated rings. The molecule has 2 aromatic rings. The van der Waals surface area contributed by atoms with Crippen molar-refractivity contribution in [1.82, 2.24) is 0 Å². The molecule has 1 aliphatic rings. The molecule has 1 N–H and O–H groups in total. The van der Waals surface area contributed by atoms with Crippen molar-refractivity contribution in [3.8, 4) is 11.5 Å². The minimum Gasteiger partial charge on any atom is -0.465 e. The molecule has 0 heterocycles. The lowest BCUT2D eigenvalue weighted by Crippen LogP contribution is -2.27. The summed E-state index contributed by atoms with van der Waals surface area (Å²) in [7, 11) is 1.18. The van der Waals surface area contributed by atoms with Gasteiger partial charge in [-0.25, -0.2) is 4.79 Å². The molecule has 0 bridgehead atoms. The highest BCUT2D eigenvalue weighted by molar-refractivity contribution is 6.02. The van der Waals surface area contributed by atoms with Crippen molar-refractivity contribution in [3.05, 3.63) is 53.6 Å². The van der Waals surface area contributed by atoms with E-state index in [1.165, 1.54) is 43.5 Å². The molecule has 180 valence electrons. The second kappa shape index (κ2) is 11.7. The number of nitrogens with one attached hydrogen (secondary N) is 1. The van der Waals surface area contributed by atoms with Crippen LogP contribution in [-0.4, -0.2) is 19.0 Å². The molecule has 0 aromatic heterocycles. The number of para-hydroxylation sites is 1. The Morgan fingerprint density at radius 3 is 2.24 bits per heavy atom. The molecular formula is C25H30F3NO4. The number of carbonyl (C=O) groups is 2. The Bertz CT molecular complexity index is 951. The molecule has 0 unspecified atom stereocenters. The number of hydrogen-bond donors (Lipinski definition) is 1. The Balaban J connectivity index is 0.00000187. The normalized spacial score (nSPS) is 17.9. The lowest BCUT2D eigenvalue weighted by molar-refractivity contribution is -0.138. The minimum absolute atomic E-state index is 0.00187. The number of alkyl halides is 3.